The number of hydrogen-bond donors (Lipinski definition) is 1. The molecule has 1 aliphatic heterocycles. The topological polar surface area (TPSA) is 51.0 Å². The second kappa shape index (κ2) is 8.82. The molecule has 2 aromatic rings. The van der Waals surface area contributed by atoms with Gasteiger partial charge in [-0.25, -0.2) is 12.8 Å². The fourth-order valence-electron chi connectivity index (χ4n) is 3.20. The van der Waals surface area contributed by atoms with Crippen LogP contribution in [-0.2, 0) is 10.0 Å². The van der Waals surface area contributed by atoms with E-state index in [9.17, 15) is 12.8 Å². The first-order valence-corrected chi connectivity index (χ1v) is 10.7. The maximum absolute atomic E-state index is 12.9. The lowest BCUT2D eigenvalue weighted by Crippen LogP contribution is -3.14. The first-order valence-electron chi connectivity index (χ1n) is 9.24. The molecular weight excluding hydrogens is 367 g/mol. The van der Waals surface area contributed by atoms with Gasteiger partial charge in [0.1, 0.15) is 11.6 Å². The number of nitrogens with one attached hydrogen (secondary N) is 1. The van der Waals surface area contributed by atoms with E-state index in [2.05, 4.69) is 0 Å². The highest BCUT2D eigenvalue weighted by Crippen LogP contribution is 2.16. The standard InChI is InChI=1S/C20H25FN2O3S/c1-17-3-9-20(10-4-17)27(24,25)23-14-12-22(13-15-23)11-2-16-26-19-7-5-18(21)6-8-19/h3-10H,2,11-16H2,1H3/p+1. The Morgan fingerprint density at radius 1 is 1.04 bits per heavy atom. The number of benzene rings is 2. The van der Waals surface area contributed by atoms with Gasteiger partial charge in [0.05, 0.1) is 44.2 Å². The molecule has 5 nitrogen and oxygen atoms in total. The van der Waals surface area contributed by atoms with Crippen molar-refractivity contribution in [2.75, 3.05) is 39.3 Å². The van der Waals surface area contributed by atoms with E-state index in [1.807, 2.05) is 19.1 Å². The van der Waals surface area contributed by atoms with Gasteiger partial charge in [0.15, 0.2) is 0 Å². The Bertz CT molecular complexity index is 831. The zero-order valence-electron chi connectivity index (χ0n) is 15.5. The molecule has 7 heteroatoms. The second-order valence-corrected chi connectivity index (χ2v) is 8.81. The van der Waals surface area contributed by atoms with Crippen LogP contribution in [-0.4, -0.2) is 52.1 Å². The summed E-state index contributed by atoms with van der Waals surface area (Å²) in [6.45, 7) is 6.09. The van der Waals surface area contributed by atoms with Crippen molar-refractivity contribution >= 4 is 10.0 Å². The van der Waals surface area contributed by atoms with E-state index in [-0.39, 0.29) is 5.82 Å². The van der Waals surface area contributed by atoms with Gasteiger partial charge in [0.25, 0.3) is 0 Å². The molecule has 0 aromatic heterocycles. The normalized spacial score (nSPS) is 16.4. The van der Waals surface area contributed by atoms with Crippen LogP contribution in [0.25, 0.3) is 0 Å². The minimum Gasteiger partial charge on any atom is -0.493 e. The average Bonchev–Trinajstić information content (AvgIpc) is 2.67. The monoisotopic (exact) mass is 393 g/mol. The van der Waals surface area contributed by atoms with Crippen LogP contribution in [0.15, 0.2) is 53.4 Å². The van der Waals surface area contributed by atoms with Gasteiger partial charge in [0, 0.05) is 6.42 Å². The highest BCUT2D eigenvalue weighted by molar-refractivity contribution is 7.89. The Kier molecular flexibility index (Phi) is 6.46. The number of nitrogens with zero attached hydrogens (tertiary/aromatic N) is 1. The molecule has 1 aliphatic rings. The number of sulfonamides is 1. The predicted octanol–water partition coefficient (Wildman–Crippen LogP) is 1.49. The molecule has 3 rings (SSSR count). The molecule has 1 fully saturated rings. The maximum Gasteiger partial charge on any atom is 0.243 e. The molecule has 0 unspecified atom stereocenters. The van der Waals surface area contributed by atoms with Crippen molar-refractivity contribution < 1.29 is 22.4 Å². The van der Waals surface area contributed by atoms with Crippen LogP contribution in [0.2, 0.25) is 0 Å². The van der Waals surface area contributed by atoms with Crippen molar-refractivity contribution in [3.05, 3.63) is 59.9 Å². The van der Waals surface area contributed by atoms with Gasteiger partial charge in [-0.2, -0.15) is 4.31 Å². The molecular formula is C20H26FN2O3S+. The predicted molar refractivity (Wildman–Crippen MR) is 102 cm³/mol. The Morgan fingerprint density at radius 3 is 2.30 bits per heavy atom. The van der Waals surface area contributed by atoms with Crippen molar-refractivity contribution in [2.45, 2.75) is 18.2 Å². The van der Waals surface area contributed by atoms with Crippen molar-refractivity contribution in [3.8, 4) is 5.75 Å². The van der Waals surface area contributed by atoms with Gasteiger partial charge in [-0.3, -0.25) is 0 Å². The molecule has 0 atom stereocenters. The highest BCUT2D eigenvalue weighted by atomic mass is 32.2. The summed E-state index contributed by atoms with van der Waals surface area (Å²) in [6, 6.07) is 13.0. The number of quaternary nitrogens is 1. The summed E-state index contributed by atoms with van der Waals surface area (Å²) in [7, 11) is -3.40. The third kappa shape index (κ3) is 5.28. The number of halogens is 1. The molecule has 1 saturated heterocycles. The number of hydrogen-bond acceptors (Lipinski definition) is 3. The van der Waals surface area contributed by atoms with E-state index in [0.29, 0.717) is 30.3 Å². The van der Waals surface area contributed by atoms with Gasteiger partial charge in [-0.15, -0.1) is 0 Å². The van der Waals surface area contributed by atoms with E-state index in [0.717, 1.165) is 31.6 Å². The minimum absolute atomic E-state index is 0.273. The number of rotatable bonds is 7. The number of piperazine rings is 1. The Hall–Kier alpha value is -1.96. The minimum atomic E-state index is -3.40. The zero-order chi connectivity index (χ0) is 19.3. The quantitative estimate of drug-likeness (QED) is 0.726. The fraction of sp³-hybridized carbons (Fsp3) is 0.400. The van der Waals surface area contributed by atoms with Crippen molar-refractivity contribution in [1.82, 2.24) is 4.31 Å². The van der Waals surface area contributed by atoms with Gasteiger partial charge in [-0.1, -0.05) is 17.7 Å². The smallest absolute Gasteiger partial charge is 0.243 e. The molecule has 0 aliphatic carbocycles. The summed E-state index contributed by atoms with van der Waals surface area (Å²) < 4.78 is 45.5. The van der Waals surface area contributed by atoms with E-state index in [4.69, 9.17) is 4.74 Å². The SMILES string of the molecule is Cc1ccc(S(=O)(=O)N2CC[NH+](CCCOc3ccc(F)cc3)CC2)cc1. The molecule has 0 bridgehead atoms. The summed E-state index contributed by atoms with van der Waals surface area (Å²) in [4.78, 5) is 1.75. The van der Waals surface area contributed by atoms with Crippen LogP contribution in [0.5, 0.6) is 5.75 Å². The van der Waals surface area contributed by atoms with E-state index in [1.165, 1.54) is 17.0 Å². The molecule has 0 spiro atoms. The average molecular weight is 394 g/mol. The third-order valence-corrected chi connectivity index (χ3v) is 6.76. The first kappa shape index (κ1) is 19.8. The summed E-state index contributed by atoms with van der Waals surface area (Å²) in [5, 5.41) is 0. The zero-order valence-corrected chi connectivity index (χ0v) is 16.3. The Labute approximate surface area is 160 Å². The van der Waals surface area contributed by atoms with Crippen LogP contribution in [0.1, 0.15) is 12.0 Å². The van der Waals surface area contributed by atoms with Gasteiger partial charge in [0.2, 0.25) is 10.0 Å². The lowest BCUT2D eigenvalue weighted by molar-refractivity contribution is -0.903. The third-order valence-electron chi connectivity index (χ3n) is 4.85. The fourth-order valence-corrected chi connectivity index (χ4v) is 4.64. The largest absolute Gasteiger partial charge is 0.493 e. The van der Waals surface area contributed by atoms with Crippen molar-refractivity contribution in [1.29, 1.82) is 0 Å². The summed E-state index contributed by atoms with van der Waals surface area (Å²) >= 11 is 0. The van der Waals surface area contributed by atoms with E-state index in [1.54, 1.807) is 28.6 Å². The summed E-state index contributed by atoms with van der Waals surface area (Å²) in [5.74, 6) is 0.394. The molecule has 0 radical (unpaired) electrons. The molecule has 1 heterocycles. The molecule has 0 amide bonds. The van der Waals surface area contributed by atoms with Gasteiger partial charge in [-0.05, 0) is 43.3 Å². The molecule has 0 saturated carbocycles. The van der Waals surface area contributed by atoms with Crippen LogP contribution < -0.4 is 9.64 Å². The molecule has 1 N–H and O–H groups in total. The summed E-state index contributed by atoms with van der Waals surface area (Å²) in [6.07, 6.45) is 0.872. The number of aryl methyl sites for hydroxylation is 1. The van der Waals surface area contributed by atoms with E-state index >= 15 is 0 Å². The van der Waals surface area contributed by atoms with Crippen LogP contribution in [0, 0.1) is 12.7 Å². The molecule has 27 heavy (non-hydrogen) atoms. The molecule has 2 aromatic carbocycles. The van der Waals surface area contributed by atoms with Crippen LogP contribution in [0.3, 0.4) is 0 Å². The van der Waals surface area contributed by atoms with Crippen molar-refractivity contribution in [2.24, 2.45) is 0 Å². The van der Waals surface area contributed by atoms with Crippen LogP contribution >= 0.6 is 0 Å². The molecule has 146 valence electrons. The maximum atomic E-state index is 12.9. The lowest BCUT2D eigenvalue weighted by Gasteiger charge is -2.31. The second-order valence-electron chi connectivity index (χ2n) is 6.87. The Morgan fingerprint density at radius 2 is 1.67 bits per heavy atom. The summed E-state index contributed by atoms with van der Waals surface area (Å²) in [5.41, 5.74) is 1.05. The lowest BCUT2D eigenvalue weighted by atomic mass is 10.2. The highest BCUT2D eigenvalue weighted by Gasteiger charge is 2.30. The van der Waals surface area contributed by atoms with Gasteiger partial charge >= 0.3 is 0 Å². The van der Waals surface area contributed by atoms with Gasteiger partial charge < -0.3 is 9.64 Å². The van der Waals surface area contributed by atoms with E-state index < -0.39 is 10.0 Å². The first-order chi connectivity index (χ1) is 12.9. The number of ether oxygens (including phenoxy) is 1. The van der Waals surface area contributed by atoms with Crippen molar-refractivity contribution in [3.63, 3.8) is 0 Å². The Balaban J connectivity index is 1.42. The van der Waals surface area contributed by atoms with Crippen LogP contribution in [0.4, 0.5) is 4.39 Å².